The molecule has 0 saturated heterocycles. The standard InChI is InChI=1S/C21H28FN3O2/c1-3-23-21(24-12-11-17-7-9-18(22)10-8-17)25-14-19(26)15-27-20-6-4-5-16(2)13-20/h4-10,13,19,26H,3,11-12,14-15H2,1-2H3,(H2,23,24,25). The second kappa shape index (κ2) is 11.2. The highest BCUT2D eigenvalue weighted by Gasteiger charge is 2.06. The maximum atomic E-state index is 12.9. The average molecular weight is 373 g/mol. The quantitative estimate of drug-likeness (QED) is 0.467. The van der Waals surface area contributed by atoms with Gasteiger partial charge < -0.3 is 20.5 Å². The van der Waals surface area contributed by atoms with E-state index in [1.165, 1.54) is 12.1 Å². The molecule has 0 bridgehead atoms. The van der Waals surface area contributed by atoms with Crippen LogP contribution in [0.25, 0.3) is 0 Å². The Kier molecular flexibility index (Phi) is 8.58. The third-order valence-electron chi connectivity index (χ3n) is 3.86. The van der Waals surface area contributed by atoms with Crippen LogP contribution in [-0.2, 0) is 6.42 Å². The van der Waals surface area contributed by atoms with Gasteiger partial charge in [-0.15, -0.1) is 0 Å². The number of rotatable bonds is 9. The third kappa shape index (κ3) is 8.09. The summed E-state index contributed by atoms with van der Waals surface area (Å²) in [6.07, 6.45) is 0.0575. The van der Waals surface area contributed by atoms with Gasteiger partial charge in [-0.3, -0.25) is 4.99 Å². The lowest BCUT2D eigenvalue weighted by Gasteiger charge is -2.14. The Labute approximate surface area is 160 Å². The van der Waals surface area contributed by atoms with E-state index in [1.807, 2.05) is 38.1 Å². The number of halogens is 1. The summed E-state index contributed by atoms with van der Waals surface area (Å²) in [4.78, 5) is 4.39. The fourth-order valence-electron chi connectivity index (χ4n) is 2.46. The third-order valence-corrected chi connectivity index (χ3v) is 3.86. The highest BCUT2D eigenvalue weighted by molar-refractivity contribution is 5.79. The molecular formula is C21H28FN3O2. The second-order valence-corrected chi connectivity index (χ2v) is 6.30. The van der Waals surface area contributed by atoms with Crippen molar-refractivity contribution in [3.63, 3.8) is 0 Å². The first-order chi connectivity index (χ1) is 13.1. The highest BCUT2D eigenvalue weighted by Crippen LogP contribution is 2.12. The Balaban J connectivity index is 1.76. The van der Waals surface area contributed by atoms with Crippen molar-refractivity contribution < 1.29 is 14.2 Å². The van der Waals surface area contributed by atoms with Crippen LogP contribution >= 0.6 is 0 Å². The number of hydrogen-bond acceptors (Lipinski definition) is 3. The van der Waals surface area contributed by atoms with E-state index in [0.717, 1.165) is 29.8 Å². The molecular weight excluding hydrogens is 345 g/mol. The van der Waals surface area contributed by atoms with Crippen LogP contribution in [0.5, 0.6) is 5.75 Å². The summed E-state index contributed by atoms with van der Waals surface area (Å²) in [5.74, 6) is 1.14. The number of nitrogens with zero attached hydrogens (tertiary/aromatic N) is 1. The van der Waals surface area contributed by atoms with Gasteiger partial charge in [0.25, 0.3) is 0 Å². The predicted octanol–water partition coefficient (Wildman–Crippen LogP) is 2.67. The van der Waals surface area contributed by atoms with Gasteiger partial charge in [-0.1, -0.05) is 24.3 Å². The maximum Gasteiger partial charge on any atom is 0.191 e. The van der Waals surface area contributed by atoms with Crippen LogP contribution in [-0.4, -0.2) is 43.4 Å². The van der Waals surface area contributed by atoms with E-state index in [2.05, 4.69) is 15.6 Å². The number of benzene rings is 2. The zero-order valence-electron chi connectivity index (χ0n) is 15.9. The molecule has 0 fully saturated rings. The largest absolute Gasteiger partial charge is 0.491 e. The molecule has 27 heavy (non-hydrogen) atoms. The second-order valence-electron chi connectivity index (χ2n) is 6.30. The van der Waals surface area contributed by atoms with E-state index in [1.54, 1.807) is 12.1 Å². The Morgan fingerprint density at radius 1 is 1.19 bits per heavy atom. The molecule has 2 aromatic carbocycles. The Morgan fingerprint density at radius 3 is 2.67 bits per heavy atom. The minimum absolute atomic E-state index is 0.182. The molecule has 6 heteroatoms. The van der Waals surface area contributed by atoms with Gasteiger partial charge in [0.2, 0.25) is 0 Å². The van der Waals surface area contributed by atoms with Crippen LogP contribution in [0.3, 0.4) is 0 Å². The van der Waals surface area contributed by atoms with Crippen molar-refractivity contribution in [1.29, 1.82) is 0 Å². The lowest BCUT2D eigenvalue weighted by molar-refractivity contribution is 0.114. The maximum absolute atomic E-state index is 12.9. The number of nitrogens with one attached hydrogen (secondary N) is 2. The van der Waals surface area contributed by atoms with Crippen molar-refractivity contribution in [2.75, 3.05) is 26.2 Å². The van der Waals surface area contributed by atoms with E-state index in [4.69, 9.17) is 4.74 Å². The van der Waals surface area contributed by atoms with Crippen LogP contribution in [0.15, 0.2) is 53.5 Å². The number of hydrogen-bond donors (Lipinski definition) is 3. The van der Waals surface area contributed by atoms with Crippen LogP contribution in [0.1, 0.15) is 18.1 Å². The SMILES string of the molecule is CCNC(=NCC(O)COc1cccc(C)c1)NCCc1ccc(F)cc1. The predicted molar refractivity (Wildman–Crippen MR) is 107 cm³/mol. The monoisotopic (exact) mass is 373 g/mol. The molecule has 0 amide bonds. The summed E-state index contributed by atoms with van der Waals surface area (Å²) in [6.45, 7) is 5.77. The van der Waals surface area contributed by atoms with Crippen LogP contribution < -0.4 is 15.4 Å². The lowest BCUT2D eigenvalue weighted by Crippen LogP contribution is -2.39. The summed E-state index contributed by atoms with van der Waals surface area (Å²) in [7, 11) is 0. The van der Waals surface area contributed by atoms with Gasteiger partial charge in [-0.25, -0.2) is 4.39 Å². The molecule has 0 radical (unpaired) electrons. The highest BCUT2D eigenvalue weighted by atomic mass is 19.1. The molecule has 146 valence electrons. The first-order valence-corrected chi connectivity index (χ1v) is 9.21. The fraction of sp³-hybridized carbons (Fsp3) is 0.381. The number of aliphatic hydroxyl groups is 1. The van der Waals surface area contributed by atoms with Gasteiger partial charge in [-0.2, -0.15) is 0 Å². The zero-order chi connectivity index (χ0) is 19.5. The van der Waals surface area contributed by atoms with E-state index >= 15 is 0 Å². The molecule has 0 aliphatic heterocycles. The fourth-order valence-corrected chi connectivity index (χ4v) is 2.46. The van der Waals surface area contributed by atoms with Crippen molar-refractivity contribution in [2.45, 2.75) is 26.4 Å². The van der Waals surface area contributed by atoms with Crippen molar-refractivity contribution in [1.82, 2.24) is 10.6 Å². The van der Waals surface area contributed by atoms with Gasteiger partial charge in [-0.05, 0) is 55.7 Å². The molecule has 1 unspecified atom stereocenters. The Morgan fingerprint density at radius 2 is 1.96 bits per heavy atom. The van der Waals surface area contributed by atoms with Gasteiger partial charge in [0.1, 0.15) is 24.3 Å². The van der Waals surface area contributed by atoms with Crippen molar-refractivity contribution >= 4 is 5.96 Å². The number of aliphatic imine (C=N–C) groups is 1. The van der Waals surface area contributed by atoms with Crippen molar-refractivity contribution in [3.05, 3.63) is 65.5 Å². The molecule has 2 rings (SSSR count). The van der Waals surface area contributed by atoms with E-state index in [-0.39, 0.29) is 19.0 Å². The zero-order valence-corrected chi connectivity index (χ0v) is 15.9. The molecule has 2 aromatic rings. The smallest absolute Gasteiger partial charge is 0.191 e. The molecule has 3 N–H and O–H groups in total. The van der Waals surface area contributed by atoms with Gasteiger partial charge in [0.15, 0.2) is 5.96 Å². The molecule has 0 spiro atoms. The molecule has 1 atom stereocenters. The molecule has 0 saturated carbocycles. The molecule has 5 nitrogen and oxygen atoms in total. The summed E-state index contributed by atoms with van der Waals surface area (Å²) >= 11 is 0. The summed E-state index contributed by atoms with van der Waals surface area (Å²) in [5, 5.41) is 16.5. The van der Waals surface area contributed by atoms with Crippen LogP contribution in [0.4, 0.5) is 4.39 Å². The molecule has 0 aliphatic rings. The van der Waals surface area contributed by atoms with Crippen molar-refractivity contribution in [2.24, 2.45) is 4.99 Å². The molecule has 0 heterocycles. The van der Waals surface area contributed by atoms with Crippen LogP contribution in [0.2, 0.25) is 0 Å². The van der Waals surface area contributed by atoms with Crippen molar-refractivity contribution in [3.8, 4) is 5.75 Å². The van der Waals surface area contributed by atoms with E-state index in [9.17, 15) is 9.50 Å². The normalized spacial score (nSPS) is 12.5. The summed E-state index contributed by atoms with van der Waals surface area (Å²) in [6, 6.07) is 14.2. The van der Waals surface area contributed by atoms with E-state index in [0.29, 0.717) is 12.5 Å². The minimum atomic E-state index is -0.696. The average Bonchev–Trinajstić information content (AvgIpc) is 2.66. The summed E-state index contributed by atoms with van der Waals surface area (Å²) in [5.41, 5.74) is 2.16. The van der Waals surface area contributed by atoms with Gasteiger partial charge in [0.05, 0.1) is 6.54 Å². The number of aryl methyl sites for hydroxylation is 1. The lowest BCUT2D eigenvalue weighted by atomic mass is 10.1. The minimum Gasteiger partial charge on any atom is -0.491 e. The molecule has 0 aromatic heterocycles. The summed E-state index contributed by atoms with van der Waals surface area (Å²) < 4.78 is 18.5. The first-order valence-electron chi connectivity index (χ1n) is 9.21. The van der Waals surface area contributed by atoms with Crippen LogP contribution in [0, 0.1) is 12.7 Å². The Hall–Kier alpha value is -2.60. The number of aliphatic hydroxyl groups excluding tert-OH is 1. The molecule has 0 aliphatic carbocycles. The Bertz CT molecular complexity index is 720. The van der Waals surface area contributed by atoms with Gasteiger partial charge >= 0.3 is 0 Å². The van der Waals surface area contributed by atoms with Gasteiger partial charge in [0, 0.05) is 13.1 Å². The topological polar surface area (TPSA) is 65.9 Å². The van der Waals surface area contributed by atoms with E-state index < -0.39 is 6.10 Å². The first kappa shape index (κ1) is 20.7. The number of guanidine groups is 1. The number of ether oxygens (including phenoxy) is 1.